The van der Waals surface area contributed by atoms with Gasteiger partial charge in [-0.15, -0.1) is 0 Å². The van der Waals surface area contributed by atoms with Gasteiger partial charge in [-0.1, -0.05) is 12.1 Å². The molecule has 164 valence electrons. The minimum Gasteiger partial charge on any atom is -0.507 e. The molecule has 8 heteroatoms. The van der Waals surface area contributed by atoms with E-state index in [0.717, 1.165) is 12.8 Å². The number of ether oxygens (including phenoxy) is 1. The standard InChI is InChI=1S/C24H24FN5O2/c1-32-21-5-4-14(11-19(21)28)23-20(31)12-22(30-8-6-17(27)7-9-30)29-24(23)15-2-3-16(13-26)18(25)10-15/h2-5,10-12,17H,6-9,27-28H2,1H3,(H,29,31). The third-order valence-corrected chi connectivity index (χ3v) is 5.73. The van der Waals surface area contributed by atoms with Gasteiger partial charge in [-0.3, -0.25) is 0 Å². The van der Waals surface area contributed by atoms with Crippen molar-refractivity contribution in [2.45, 2.75) is 18.9 Å². The zero-order valence-corrected chi connectivity index (χ0v) is 17.7. The highest BCUT2D eigenvalue weighted by Crippen LogP contribution is 2.42. The Balaban J connectivity index is 1.89. The van der Waals surface area contributed by atoms with Crippen molar-refractivity contribution < 1.29 is 14.2 Å². The first-order valence-electron chi connectivity index (χ1n) is 10.3. The van der Waals surface area contributed by atoms with Crippen molar-refractivity contribution in [2.75, 3.05) is 30.8 Å². The molecule has 0 atom stereocenters. The number of hydrogen-bond acceptors (Lipinski definition) is 7. The number of nitrogens with zero attached hydrogens (tertiary/aromatic N) is 3. The summed E-state index contributed by atoms with van der Waals surface area (Å²) in [4.78, 5) is 6.86. The van der Waals surface area contributed by atoms with E-state index < -0.39 is 5.82 Å². The molecule has 0 radical (unpaired) electrons. The Morgan fingerprint density at radius 3 is 2.50 bits per heavy atom. The zero-order valence-electron chi connectivity index (χ0n) is 17.7. The molecule has 4 rings (SSSR count). The molecule has 0 bridgehead atoms. The number of pyridine rings is 1. The van der Waals surface area contributed by atoms with E-state index in [2.05, 4.69) is 4.90 Å². The Hall–Kier alpha value is -3.83. The Morgan fingerprint density at radius 1 is 1.16 bits per heavy atom. The molecule has 1 fully saturated rings. The lowest BCUT2D eigenvalue weighted by Gasteiger charge is -2.31. The number of rotatable bonds is 4. The largest absolute Gasteiger partial charge is 0.507 e. The molecular weight excluding hydrogens is 409 g/mol. The van der Waals surface area contributed by atoms with Crippen molar-refractivity contribution in [3.05, 3.63) is 53.8 Å². The van der Waals surface area contributed by atoms with Gasteiger partial charge in [0.1, 0.15) is 29.2 Å². The van der Waals surface area contributed by atoms with Crippen molar-refractivity contribution in [2.24, 2.45) is 5.73 Å². The molecule has 3 aromatic rings. The summed E-state index contributed by atoms with van der Waals surface area (Å²) in [5, 5.41) is 20.1. The number of aromatic hydroxyl groups is 1. The van der Waals surface area contributed by atoms with Gasteiger partial charge in [0.05, 0.1) is 29.6 Å². The maximum absolute atomic E-state index is 14.5. The third kappa shape index (κ3) is 4.03. The molecule has 7 nitrogen and oxygen atoms in total. The number of halogens is 1. The quantitative estimate of drug-likeness (QED) is 0.537. The van der Waals surface area contributed by atoms with Gasteiger partial charge in [0, 0.05) is 30.8 Å². The van der Waals surface area contributed by atoms with E-state index in [1.165, 1.54) is 19.2 Å². The van der Waals surface area contributed by atoms with Crippen LogP contribution in [0.3, 0.4) is 0 Å². The SMILES string of the molecule is COc1ccc(-c2c(O)cc(N3CCC(N)CC3)nc2-c2ccc(C#N)c(F)c2)cc1N. The highest BCUT2D eigenvalue weighted by Gasteiger charge is 2.23. The number of aromatic nitrogens is 1. The summed E-state index contributed by atoms with van der Waals surface area (Å²) in [6.07, 6.45) is 1.64. The maximum Gasteiger partial charge on any atom is 0.141 e. The van der Waals surface area contributed by atoms with E-state index >= 15 is 0 Å². The van der Waals surface area contributed by atoms with Crippen molar-refractivity contribution >= 4 is 11.5 Å². The highest BCUT2D eigenvalue weighted by atomic mass is 19.1. The number of hydrogen-bond donors (Lipinski definition) is 3. The van der Waals surface area contributed by atoms with E-state index in [1.807, 2.05) is 6.07 Å². The molecule has 1 saturated heterocycles. The van der Waals surface area contributed by atoms with Gasteiger partial charge in [0.25, 0.3) is 0 Å². The summed E-state index contributed by atoms with van der Waals surface area (Å²) in [5.74, 6) is 0.433. The lowest BCUT2D eigenvalue weighted by molar-refractivity contribution is 0.417. The van der Waals surface area contributed by atoms with Gasteiger partial charge in [-0.25, -0.2) is 9.37 Å². The topological polar surface area (TPSA) is 121 Å². The van der Waals surface area contributed by atoms with Gasteiger partial charge >= 0.3 is 0 Å². The lowest BCUT2D eigenvalue weighted by atomic mass is 9.96. The Labute approximate surface area is 185 Å². The van der Waals surface area contributed by atoms with Crippen LogP contribution in [-0.2, 0) is 0 Å². The molecular formula is C24H24FN5O2. The van der Waals surface area contributed by atoms with Crippen LogP contribution in [-0.4, -0.2) is 36.3 Å². The summed E-state index contributed by atoms with van der Waals surface area (Å²) in [7, 11) is 1.52. The molecule has 32 heavy (non-hydrogen) atoms. The Bertz CT molecular complexity index is 1200. The van der Waals surface area contributed by atoms with Gasteiger partial charge in [0.15, 0.2) is 0 Å². The summed E-state index contributed by atoms with van der Waals surface area (Å²) < 4.78 is 19.7. The van der Waals surface area contributed by atoms with Crippen molar-refractivity contribution in [3.8, 4) is 40.0 Å². The normalized spacial score (nSPS) is 14.2. The first kappa shape index (κ1) is 21.4. The second-order valence-corrected chi connectivity index (χ2v) is 7.81. The predicted molar refractivity (Wildman–Crippen MR) is 122 cm³/mol. The van der Waals surface area contributed by atoms with Crippen LogP contribution < -0.4 is 21.1 Å². The molecule has 1 aliphatic heterocycles. The summed E-state index contributed by atoms with van der Waals surface area (Å²) >= 11 is 0. The van der Waals surface area contributed by atoms with Crippen LogP contribution in [0.5, 0.6) is 11.5 Å². The highest BCUT2D eigenvalue weighted by molar-refractivity contribution is 5.88. The molecule has 1 aliphatic rings. The molecule has 2 heterocycles. The molecule has 2 aromatic carbocycles. The fourth-order valence-corrected chi connectivity index (χ4v) is 3.95. The van der Waals surface area contributed by atoms with Crippen molar-refractivity contribution in [3.63, 3.8) is 0 Å². The fraction of sp³-hybridized carbons (Fsp3) is 0.250. The second kappa shape index (κ2) is 8.73. The molecule has 0 amide bonds. The van der Waals surface area contributed by atoms with Gasteiger partial charge in [-0.2, -0.15) is 5.26 Å². The monoisotopic (exact) mass is 433 g/mol. The van der Waals surface area contributed by atoms with Crippen LogP contribution in [0.1, 0.15) is 18.4 Å². The Kier molecular flexibility index (Phi) is 5.84. The summed E-state index contributed by atoms with van der Waals surface area (Å²) in [6.45, 7) is 1.42. The molecule has 1 aromatic heterocycles. The number of piperidine rings is 1. The minimum atomic E-state index is -0.652. The molecule has 5 N–H and O–H groups in total. The minimum absolute atomic E-state index is 0.00536. The third-order valence-electron chi connectivity index (χ3n) is 5.73. The second-order valence-electron chi connectivity index (χ2n) is 7.81. The van der Waals surface area contributed by atoms with Crippen molar-refractivity contribution in [1.29, 1.82) is 5.26 Å². The number of benzene rings is 2. The fourth-order valence-electron chi connectivity index (χ4n) is 3.95. The molecule has 0 unspecified atom stereocenters. The zero-order chi connectivity index (χ0) is 22.8. The summed E-state index contributed by atoms with van der Waals surface area (Å²) in [6, 6.07) is 13.0. The van der Waals surface area contributed by atoms with E-state index in [-0.39, 0.29) is 17.4 Å². The molecule has 0 spiro atoms. The van der Waals surface area contributed by atoms with Gasteiger partial charge in [0.2, 0.25) is 0 Å². The lowest BCUT2D eigenvalue weighted by Crippen LogP contribution is -2.40. The average molecular weight is 433 g/mol. The first-order valence-corrected chi connectivity index (χ1v) is 10.3. The first-order chi connectivity index (χ1) is 15.4. The van der Waals surface area contributed by atoms with Gasteiger partial charge in [-0.05, 0) is 42.7 Å². The van der Waals surface area contributed by atoms with Crippen LogP contribution in [0.15, 0.2) is 42.5 Å². The van der Waals surface area contributed by atoms with E-state index in [9.17, 15) is 9.50 Å². The van der Waals surface area contributed by atoms with E-state index in [1.54, 1.807) is 30.3 Å². The number of nitrogens with two attached hydrogens (primary N) is 2. The van der Waals surface area contributed by atoms with Crippen LogP contribution in [0.25, 0.3) is 22.4 Å². The number of nitrogen functional groups attached to an aromatic ring is 1. The number of methoxy groups -OCH3 is 1. The molecule has 0 saturated carbocycles. The molecule has 0 aliphatic carbocycles. The summed E-state index contributed by atoms with van der Waals surface area (Å²) in [5.41, 5.74) is 14.3. The van der Waals surface area contributed by atoms with Crippen molar-refractivity contribution in [1.82, 2.24) is 4.98 Å². The number of nitriles is 1. The van der Waals surface area contributed by atoms with Crippen LogP contribution in [0, 0.1) is 17.1 Å². The average Bonchev–Trinajstić information content (AvgIpc) is 2.79. The van der Waals surface area contributed by atoms with Crippen LogP contribution in [0.4, 0.5) is 15.9 Å². The van der Waals surface area contributed by atoms with E-state index in [4.69, 9.17) is 26.5 Å². The van der Waals surface area contributed by atoms with E-state index in [0.29, 0.717) is 52.7 Å². The Morgan fingerprint density at radius 2 is 1.88 bits per heavy atom. The number of anilines is 2. The smallest absolute Gasteiger partial charge is 0.141 e. The predicted octanol–water partition coefficient (Wildman–Crippen LogP) is 3.65. The van der Waals surface area contributed by atoms with Gasteiger partial charge < -0.3 is 26.2 Å². The van der Waals surface area contributed by atoms with Crippen LogP contribution >= 0.6 is 0 Å². The maximum atomic E-state index is 14.5. The van der Waals surface area contributed by atoms with Crippen LogP contribution in [0.2, 0.25) is 0 Å².